The van der Waals surface area contributed by atoms with Crippen LogP contribution in [0.1, 0.15) is 30.5 Å². The van der Waals surface area contributed by atoms with Crippen LogP contribution < -0.4 is 10.1 Å². The number of carbonyl (C=O) groups is 1. The Kier molecular flexibility index (Phi) is 6.23. The Morgan fingerprint density at radius 2 is 1.92 bits per heavy atom. The third-order valence-corrected chi connectivity index (χ3v) is 3.51. The smallest absolute Gasteiger partial charge is 0.387 e. The molecule has 0 radical (unpaired) electrons. The average Bonchev–Trinajstić information content (AvgIpc) is 2.53. The van der Waals surface area contributed by atoms with Gasteiger partial charge in [-0.25, -0.2) is 4.39 Å². The van der Waals surface area contributed by atoms with Crippen LogP contribution in [0.4, 0.5) is 13.2 Å². The van der Waals surface area contributed by atoms with E-state index >= 15 is 0 Å². The van der Waals surface area contributed by atoms with Gasteiger partial charge in [-0.3, -0.25) is 4.79 Å². The fourth-order valence-electron chi connectivity index (χ4n) is 2.45. The summed E-state index contributed by atoms with van der Waals surface area (Å²) in [6.45, 7) is -1.11. The number of rotatable bonds is 7. The molecule has 0 aliphatic rings. The van der Waals surface area contributed by atoms with Gasteiger partial charge in [0.15, 0.2) is 0 Å². The number of nitrogens with one attached hydrogen (secondary N) is 1. The normalized spacial score (nSPS) is 12.0. The summed E-state index contributed by atoms with van der Waals surface area (Å²) in [5.41, 5.74) is 1.02. The van der Waals surface area contributed by atoms with Crippen LogP contribution in [0.3, 0.4) is 0 Å². The first kappa shape index (κ1) is 17.8. The zero-order valence-corrected chi connectivity index (χ0v) is 13.1. The van der Waals surface area contributed by atoms with Crippen molar-refractivity contribution >= 4 is 5.91 Å². The van der Waals surface area contributed by atoms with E-state index in [-0.39, 0.29) is 18.1 Å². The highest BCUT2D eigenvalue weighted by molar-refractivity contribution is 5.79. The molecule has 0 fully saturated rings. The van der Waals surface area contributed by atoms with Gasteiger partial charge in [0.25, 0.3) is 0 Å². The van der Waals surface area contributed by atoms with Crippen LogP contribution in [-0.2, 0) is 11.2 Å². The van der Waals surface area contributed by atoms with Crippen molar-refractivity contribution in [1.82, 2.24) is 5.32 Å². The number of hydrogen-bond donors (Lipinski definition) is 1. The minimum atomic E-state index is -2.94. The van der Waals surface area contributed by atoms with Crippen molar-refractivity contribution in [3.63, 3.8) is 0 Å². The predicted octanol–water partition coefficient (Wildman–Crippen LogP) is 4.24. The monoisotopic (exact) mass is 337 g/mol. The highest BCUT2D eigenvalue weighted by atomic mass is 19.3. The molecule has 3 nitrogen and oxygen atoms in total. The lowest BCUT2D eigenvalue weighted by Gasteiger charge is -2.20. The summed E-state index contributed by atoms with van der Waals surface area (Å²) >= 11 is 0. The third-order valence-electron chi connectivity index (χ3n) is 3.51. The summed E-state index contributed by atoms with van der Waals surface area (Å²) in [4.78, 5) is 12.2. The van der Waals surface area contributed by atoms with Gasteiger partial charge in [-0.1, -0.05) is 37.3 Å². The minimum absolute atomic E-state index is 0.00608. The van der Waals surface area contributed by atoms with Crippen LogP contribution in [0.15, 0.2) is 48.5 Å². The zero-order chi connectivity index (χ0) is 17.5. The Morgan fingerprint density at radius 1 is 1.17 bits per heavy atom. The first-order chi connectivity index (χ1) is 11.5. The van der Waals surface area contributed by atoms with Crippen LogP contribution in [-0.4, -0.2) is 12.5 Å². The molecule has 0 saturated carbocycles. The Balaban J connectivity index is 2.10. The van der Waals surface area contributed by atoms with E-state index in [1.165, 1.54) is 24.3 Å². The summed E-state index contributed by atoms with van der Waals surface area (Å²) in [5.74, 6) is -0.701. The van der Waals surface area contributed by atoms with Crippen molar-refractivity contribution in [3.05, 3.63) is 65.5 Å². The van der Waals surface area contributed by atoms with Crippen molar-refractivity contribution in [3.8, 4) is 5.75 Å². The molecular weight excluding hydrogens is 319 g/mol. The van der Waals surface area contributed by atoms with Gasteiger partial charge in [0.2, 0.25) is 5.91 Å². The Hall–Kier alpha value is -2.50. The molecule has 0 bridgehead atoms. The van der Waals surface area contributed by atoms with Gasteiger partial charge in [-0.05, 0) is 30.2 Å². The average molecular weight is 337 g/mol. The summed E-state index contributed by atoms with van der Waals surface area (Å²) in [5, 5.41) is 2.78. The van der Waals surface area contributed by atoms with E-state index in [9.17, 15) is 18.0 Å². The molecule has 0 unspecified atom stereocenters. The van der Waals surface area contributed by atoms with Gasteiger partial charge in [0.1, 0.15) is 11.6 Å². The number of hydrogen-bond acceptors (Lipinski definition) is 2. The summed E-state index contributed by atoms with van der Waals surface area (Å²) in [6.07, 6.45) is 0.505. The van der Waals surface area contributed by atoms with E-state index < -0.39 is 18.5 Å². The van der Waals surface area contributed by atoms with Crippen LogP contribution >= 0.6 is 0 Å². The molecule has 2 aromatic carbocycles. The fourth-order valence-corrected chi connectivity index (χ4v) is 2.45. The molecule has 0 aromatic heterocycles. The van der Waals surface area contributed by atoms with Gasteiger partial charge in [-0.2, -0.15) is 8.78 Å². The molecule has 0 aliphatic heterocycles. The molecule has 0 saturated heterocycles. The number of halogens is 3. The Labute approximate surface area is 138 Å². The van der Waals surface area contributed by atoms with E-state index in [0.29, 0.717) is 17.5 Å². The number of para-hydroxylation sites is 1. The quantitative estimate of drug-likeness (QED) is 0.821. The number of alkyl halides is 2. The summed E-state index contributed by atoms with van der Waals surface area (Å²) < 4.78 is 42.7. The molecule has 2 rings (SSSR count). The second-order valence-electron chi connectivity index (χ2n) is 5.25. The van der Waals surface area contributed by atoms with E-state index in [0.717, 1.165) is 0 Å². The van der Waals surface area contributed by atoms with Gasteiger partial charge < -0.3 is 10.1 Å². The van der Waals surface area contributed by atoms with E-state index in [1.54, 1.807) is 24.3 Å². The number of carbonyl (C=O) groups excluding carboxylic acids is 1. The highest BCUT2D eigenvalue weighted by Crippen LogP contribution is 2.28. The molecular formula is C18H18F3NO2. The van der Waals surface area contributed by atoms with Crippen LogP contribution in [0.2, 0.25) is 0 Å². The lowest BCUT2D eigenvalue weighted by molar-refractivity contribution is -0.121. The lowest BCUT2D eigenvalue weighted by atomic mass is 10.0. The third kappa shape index (κ3) is 5.01. The van der Waals surface area contributed by atoms with Crippen molar-refractivity contribution in [2.75, 3.05) is 0 Å². The van der Waals surface area contributed by atoms with Crippen LogP contribution in [0.25, 0.3) is 0 Å². The molecule has 1 N–H and O–H groups in total. The minimum Gasteiger partial charge on any atom is -0.434 e. The zero-order valence-electron chi connectivity index (χ0n) is 13.1. The number of benzene rings is 2. The van der Waals surface area contributed by atoms with Gasteiger partial charge >= 0.3 is 6.61 Å². The maximum absolute atomic E-state index is 13.2. The fraction of sp³-hybridized carbons (Fsp3) is 0.278. The predicted molar refractivity (Wildman–Crippen MR) is 84.4 cm³/mol. The van der Waals surface area contributed by atoms with E-state index in [1.807, 2.05) is 6.92 Å². The maximum Gasteiger partial charge on any atom is 0.387 e. The molecule has 2 aromatic rings. The van der Waals surface area contributed by atoms with Gasteiger partial charge in [0.05, 0.1) is 12.5 Å². The Bertz CT molecular complexity index is 691. The molecule has 0 aliphatic carbocycles. The van der Waals surface area contributed by atoms with Crippen molar-refractivity contribution in [2.24, 2.45) is 0 Å². The standard InChI is InChI=1S/C18H18F3NO2/c1-2-15(14-8-3-4-9-16(14)24-18(20)21)22-17(23)11-12-6-5-7-13(19)10-12/h3-10,15,18H,2,11H2,1H3,(H,22,23)/t15-/m1/s1. The first-order valence-corrected chi connectivity index (χ1v) is 7.57. The van der Waals surface area contributed by atoms with E-state index in [2.05, 4.69) is 10.1 Å². The van der Waals surface area contributed by atoms with Gasteiger partial charge in [0, 0.05) is 5.56 Å². The van der Waals surface area contributed by atoms with Crippen molar-refractivity contribution in [2.45, 2.75) is 32.4 Å². The van der Waals surface area contributed by atoms with Crippen LogP contribution in [0, 0.1) is 5.82 Å². The first-order valence-electron chi connectivity index (χ1n) is 7.57. The lowest BCUT2D eigenvalue weighted by Crippen LogP contribution is -2.30. The molecule has 1 amide bonds. The maximum atomic E-state index is 13.2. The molecule has 0 spiro atoms. The second-order valence-corrected chi connectivity index (χ2v) is 5.25. The number of amides is 1. The van der Waals surface area contributed by atoms with Crippen molar-refractivity contribution in [1.29, 1.82) is 0 Å². The van der Waals surface area contributed by atoms with E-state index in [4.69, 9.17) is 0 Å². The molecule has 128 valence electrons. The summed E-state index contributed by atoms with van der Waals surface area (Å²) in [6, 6.07) is 11.6. The largest absolute Gasteiger partial charge is 0.434 e. The highest BCUT2D eigenvalue weighted by Gasteiger charge is 2.18. The van der Waals surface area contributed by atoms with Crippen LogP contribution in [0.5, 0.6) is 5.75 Å². The molecule has 1 atom stereocenters. The topological polar surface area (TPSA) is 38.3 Å². The number of ether oxygens (including phenoxy) is 1. The second kappa shape index (κ2) is 8.38. The molecule has 0 heterocycles. The SMILES string of the molecule is CC[C@@H](NC(=O)Cc1cccc(F)c1)c1ccccc1OC(F)F. The van der Waals surface area contributed by atoms with Crippen molar-refractivity contribution < 1.29 is 22.7 Å². The Morgan fingerprint density at radius 3 is 2.58 bits per heavy atom. The summed E-state index contributed by atoms with van der Waals surface area (Å²) in [7, 11) is 0. The molecule has 6 heteroatoms. The van der Waals surface area contributed by atoms with Gasteiger partial charge in [-0.15, -0.1) is 0 Å². The molecule has 24 heavy (non-hydrogen) atoms.